The standard InChI is InChI=1S/C24H21N3O2S/c1-29-19-12-10-18(11-13-19)25-24(28)27-16-17-6-2-3-7-20(17)26-14-4-8-21(26)23(27)22-9-5-15-30-22/h2-15,23H,16H2,1H3,(H,25,28)/t23-/m0/s1. The van der Waals surface area contributed by atoms with Gasteiger partial charge >= 0.3 is 6.03 Å². The van der Waals surface area contributed by atoms with Crippen molar-refractivity contribution in [3.05, 3.63) is 101 Å². The van der Waals surface area contributed by atoms with E-state index in [1.54, 1.807) is 18.4 Å². The summed E-state index contributed by atoms with van der Waals surface area (Å²) in [6.45, 7) is 0.516. The fraction of sp³-hybridized carbons (Fsp3) is 0.125. The number of rotatable bonds is 3. The third-order valence-corrected chi connectivity index (χ3v) is 6.30. The zero-order chi connectivity index (χ0) is 20.5. The molecule has 150 valence electrons. The first-order chi connectivity index (χ1) is 14.7. The Labute approximate surface area is 179 Å². The van der Waals surface area contributed by atoms with Crippen LogP contribution in [0.1, 0.15) is 22.2 Å². The smallest absolute Gasteiger partial charge is 0.323 e. The molecule has 0 saturated heterocycles. The maximum absolute atomic E-state index is 13.5. The van der Waals surface area contributed by atoms with Gasteiger partial charge in [-0.1, -0.05) is 24.3 Å². The summed E-state index contributed by atoms with van der Waals surface area (Å²) in [7, 11) is 1.63. The maximum Gasteiger partial charge on any atom is 0.323 e. The number of nitrogens with zero attached hydrogens (tertiary/aromatic N) is 2. The van der Waals surface area contributed by atoms with Gasteiger partial charge in [0.2, 0.25) is 0 Å². The fourth-order valence-electron chi connectivity index (χ4n) is 3.96. The molecule has 0 unspecified atom stereocenters. The van der Waals surface area contributed by atoms with E-state index in [2.05, 4.69) is 45.7 Å². The molecule has 2 aromatic heterocycles. The number of hydrogen-bond acceptors (Lipinski definition) is 3. The number of methoxy groups -OCH3 is 1. The number of amides is 2. The second-order valence-corrected chi connectivity index (χ2v) is 8.12. The number of para-hydroxylation sites is 1. The minimum Gasteiger partial charge on any atom is -0.497 e. The van der Waals surface area contributed by atoms with E-state index in [1.807, 2.05) is 53.4 Å². The minimum atomic E-state index is -0.175. The van der Waals surface area contributed by atoms with Crippen LogP contribution in [0, 0.1) is 0 Å². The van der Waals surface area contributed by atoms with Crippen molar-refractivity contribution in [3.8, 4) is 11.4 Å². The second-order valence-electron chi connectivity index (χ2n) is 7.14. The second kappa shape index (κ2) is 7.72. The maximum atomic E-state index is 13.5. The van der Waals surface area contributed by atoms with Crippen LogP contribution in [-0.4, -0.2) is 22.6 Å². The number of urea groups is 1. The Morgan fingerprint density at radius 1 is 1.03 bits per heavy atom. The summed E-state index contributed by atoms with van der Waals surface area (Å²) in [6, 6.07) is 23.6. The van der Waals surface area contributed by atoms with Crippen molar-refractivity contribution < 1.29 is 9.53 Å². The van der Waals surface area contributed by atoms with Crippen LogP contribution in [-0.2, 0) is 6.54 Å². The van der Waals surface area contributed by atoms with Gasteiger partial charge in [0.05, 0.1) is 25.0 Å². The summed E-state index contributed by atoms with van der Waals surface area (Å²) in [5, 5.41) is 5.12. The summed E-state index contributed by atoms with van der Waals surface area (Å²) in [5.74, 6) is 0.756. The average Bonchev–Trinajstić information content (AvgIpc) is 3.45. The van der Waals surface area contributed by atoms with Gasteiger partial charge in [-0.05, 0) is 59.5 Å². The number of nitrogens with one attached hydrogen (secondary N) is 1. The molecule has 1 N–H and O–H groups in total. The Balaban J connectivity index is 1.57. The zero-order valence-corrected chi connectivity index (χ0v) is 17.3. The third-order valence-electron chi connectivity index (χ3n) is 5.38. The summed E-state index contributed by atoms with van der Waals surface area (Å²) in [4.78, 5) is 16.5. The van der Waals surface area contributed by atoms with E-state index in [9.17, 15) is 4.79 Å². The molecule has 5 nitrogen and oxygen atoms in total. The normalized spacial score (nSPS) is 15.1. The Morgan fingerprint density at radius 2 is 1.87 bits per heavy atom. The highest BCUT2D eigenvalue weighted by Crippen LogP contribution is 2.38. The van der Waals surface area contributed by atoms with E-state index in [0.29, 0.717) is 6.54 Å². The van der Waals surface area contributed by atoms with Gasteiger partial charge in [0, 0.05) is 16.8 Å². The van der Waals surface area contributed by atoms with E-state index in [-0.39, 0.29) is 12.1 Å². The molecule has 1 atom stereocenters. The summed E-state index contributed by atoms with van der Waals surface area (Å²) in [6.07, 6.45) is 2.07. The van der Waals surface area contributed by atoms with Crippen molar-refractivity contribution in [1.82, 2.24) is 9.47 Å². The summed E-state index contributed by atoms with van der Waals surface area (Å²) < 4.78 is 7.41. The van der Waals surface area contributed by atoms with Crippen LogP contribution in [0.4, 0.5) is 10.5 Å². The van der Waals surface area contributed by atoms with E-state index >= 15 is 0 Å². The molecule has 1 aliphatic rings. The number of thiophene rings is 1. The summed E-state index contributed by atoms with van der Waals surface area (Å²) in [5.41, 5.74) is 4.03. The highest BCUT2D eigenvalue weighted by atomic mass is 32.1. The SMILES string of the molecule is COc1ccc(NC(=O)N2Cc3ccccc3-n3cccc3[C@H]2c2cccs2)cc1. The van der Waals surface area contributed by atoms with Crippen LogP contribution < -0.4 is 10.1 Å². The molecule has 5 rings (SSSR count). The highest BCUT2D eigenvalue weighted by molar-refractivity contribution is 7.10. The van der Waals surface area contributed by atoms with Crippen LogP contribution in [0.15, 0.2) is 84.4 Å². The molecule has 1 aliphatic heterocycles. The Bertz CT molecular complexity index is 1170. The Morgan fingerprint density at radius 3 is 2.63 bits per heavy atom. The van der Waals surface area contributed by atoms with Gasteiger partial charge < -0.3 is 19.5 Å². The number of hydrogen-bond donors (Lipinski definition) is 1. The molecule has 0 spiro atoms. The minimum absolute atomic E-state index is 0.136. The first-order valence-corrected chi connectivity index (χ1v) is 10.6. The lowest BCUT2D eigenvalue weighted by atomic mass is 10.1. The van der Waals surface area contributed by atoms with Crippen LogP contribution in [0.3, 0.4) is 0 Å². The largest absolute Gasteiger partial charge is 0.497 e. The molecule has 3 heterocycles. The zero-order valence-electron chi connectivity index (χ0n) is 16.5. The molecule has 0 saturated carbocycles. The van der Waals surface area contributed by atoms with Gasteiger partial charge in [-0.2, -0.15) is 0 Å². The van der Waals surface area contributed by atoms with Crippen LogP contribution in [0.2, 0.25) is 0 Å². The van der Waals surface area contributed by atoms with E-state index in [0.717, 1.165) is 33.3 Å². The predicted octanol–water partition coefficient (Wildman–Crippen LogP) is 5.68. The van der Waals surface area contributed by atoms with Gasteiger partial charge in [-0.3, -0.25) is 0 Å². The lowest BCUT2D eigenvalue weighted by molar-refractivity contribution is 0.195. The monoisotopic (exact) mass is 415 g/mol. The predicted molar refractivity (Wildman–Crippen MR) is 119 cm³/mol. The number of anilines is 1. The van der Waals surface area contributed by atoms with Crippen molar-refractivity contribution in [1.29, 1.82) is 0 Å². The lowest BCUT2D eigenvalue weighted by Crippen LogP contribution is -2.37. The number of fused-ring (bicyclic) bond motifs is 3. The van der Waals surface area contributed by atoms with Gasteiger partial charge in [-0.25, -0.2) is 4.79 Å². The van der Waals surface area contributed by atoms with E-state index < -0.39 is 0 Å². The molecule has 0 aliphatic carbocycles. The van der Waals surface area contributed by atoms with E-state index in [4.69, 9.17) is 4.74 Å². The van der Waals surface area contributed by atoms with Crippen molar-refractivity contribution >= 4 is 23.1 Å². The molecular formula is C24H21N3O2S. The average molecular weight is 416 g/mol. The van der Waals surface area contributed by atoms with Crippen LogP contribution >= 0.6 is 11.3 Å². The number of ether oxygens (including phenoxy) is 1. The number of carbonyl (C=O) groups is 1. The van der Waals surface area contributed by atoms with Crippen LogP contribution in [0.25, 0.3) is 5.69 Å². The van der Waals surface area contributed by atoms with Crippen molar-refractivity contribution in [2.75, 3.05) is 12.4 Å². The van der Waals surface area contributed by atoms with Gasteiger partial charge in [-0.15, -0.1) is 11.3 Å². The van der Waals surface area contributed by atoms with Gasteiger partial charge in [0.15, 0.2) is 0 Å². The quantitative estimate of drug-likeness (QED) is 0.468. The molecule has 2 amide bonds. The Kier molecular flexibility index (Phi) is 4.77. The third kappa shape index (κ3) is 3.25. The fourth-order valence-corrected chi connectivity index (χ4v) is 4.80. The molecule has 30 heavy (non-hydrogen) atoms. The summed E-state index contributed by atoms with van der Waals surface area (Å²) >= 11 is 1.67. The molecule has 0 bridgehead atoms. The van der Waals surface area contributed by atoms with Crippen molar-refractivity contribution in [3.63, 3.8) is 0 Å². The first-order valence-electron chi connectivity index (χ1n) is 9.75. The highest BCUT2D eigenvalue weighted by Gasteiger charge is 2.33. The van der Waals surface area contributed by atoms with Gasteiger partial charge in [0.25, 0.3) is 0 Å². The molecule has 0 radical (unpaired) electrons. The molecular weight excluding hydrogens is 394 g/mol. The van der Waals surface area contributed by atoms with Crippen LogP contribution in [0.5, 0.6) is 5.75 Å². The lowest BCUT2D eigenvalue weighted by Gasteiger charge is -2.30. The van der Waals surface area contributed by atoms with Crippen molar-refractivity contribution in [2.45, 2.75) is 12.6 Å². The van der Waals surface area contributed by atoms with Gasteiger partial charge in [0.1, 0.15) is 11.8 Å². The molecule has 2 aromatic carbocycles. The molecule has 6 heteroatoms. The van der Waals surface area contributed by atoms with E-state index in [1.165, 1.54) is 0 Å². The molecule has 4 aromatic rings. The Hall–Kier alpha value is -3.51. The topological polar surface area (TPSA) is 46.5 Å². The molecule has 0 fully saturated rings. The first kappa shape index (κ1) is 18.5. The number of carbonyl (C=O) groups excluding carboxylic acids is 1. The van der Waals surface area contributed by atoms with Crippen molar-refractivity contribution in [2.24, 2.45) is 0 Å². The number of benzene rings is 2. The number of aromatic nitrogens is 1.